The van der Waals surface area contributed by atoms with Crippen molar-refractivity contribution < 1.29 is 0 Å². The van der Waals surface area contributed by atoms with Gasteiger partial charge in [0.05, 0.1) is 0 Å². The van der Waals surface area contributed by atoms with E-state index in [1.165, 1.54) is 19.3 Å². The van der Waals surface area contributed by atoms with Gasteiger partial charge in [-0.2, -0.15) is 0 Å². The molecule has 0 spiro atoms. The maximum Gasteiger partial charge on any atom is -0.0169 e. The van der Waals surface area contributed by atoms with E-state index in [1.54, 1.807) is 5.57 Å². The molecule has 0 heteroatoms. The van der Waals surface area contributed by atoms with Crippen molar-refractivity contribution >= 4 is 0 Å². The third-order valence-electron chi connectivity index (χ3n) is 2.37. The molecule has 0 bridgehead atoms. The largest absolute Gasteiger partial charge is 0.0885 e. The topological polar surface area (TPSA) is 0 Å². The summed E-state index contributed by atoms with van der Waals surface area (Å²) in [6.45, 7) is 4.37. The van der Waals surface area contributed by atoms with E-state index in [9.17, 15) is 0 Å². The van der Waals surface area contributed by atoms with Gasteiger partial charge in [-0.3, -0.25) is 0 Å². The minimum absolute atomic E-state index is 0.843. The summed E-state index contributed by atoms with van der Waals surface area (Å²) in [5.74, 6) is 0.843. The maximum absolute atomic E-state index is 2.31. The second kappa shape index (κ2) is 3.60. The van der Waals surface area contributed by atoms with Crippen molar-refractivity contribution in [2.75, 3.05) is 0 Å². The Morgan fingerprint density at radius 2 is 2.30 bits per heavy atom. The Labute approximate surface area is 63.6 Å². The molecule has 0 N–H and O–H groups in total. The van der Waals surface area contributed by atoms with Crippen molar-refractivity contribution in [2.45, 2.75) is 33.1 Å². The van der Waals surface area contributed by atoms with Crippen LogP contribution in [0, 0.1) is 5.92 Å². The van der Waals surface area contributed by atoms with E-state index in [1.807, 2.05) is 0 Å². The molecular weight excluding hydrogens is 120 g/mol. The Morgan fingerprint density at radius 1 is 1.50 bits per heavy atom. The van der Waals surface area contributed by atoms with Crippen LogP contribution in [0.15, 0.2) is 23.8 Å². The van der Waals surface area contributed by atoms with Crippen LogP contribution in [0.1, 0.15) is 33.1 Å². The van der Waals surface area contributed by atoms with E-state index >= 15 is 0 Å². The van der Waals surface area contributed by atoms with E-state index in [0.717, 1.165) is 5.92 Å². The monoisotopic (exact) mass is 136 g/mol. The van der Waals surface area contributed by atoms with Crippen molar-refractivity contribution in [3.8, 4) is 0 Å². The highest BCUT2D eigenvalue weighted by molar-refractivity contribution is 5.07. The summed E-state index contributed by atoms with van der Waals surface area (Å²) >= 11 is 0. The number of rotatable bonds is 1. The summed E-state index contributed by atoms with van der Waals surface area (Å²) < 4.78 is 0. The quantitative estimate of drug-likeness (QED) is 0.485. The molecule has 0 fully saturated rings. The Balaban J connectivity index is 2.49. The number of hydrogen-bond acceptors (Lipinski definition) is 0. The standard InChI is InChI=1S/C10H16/c1-3-9(2)10-7-5-4-6-8-10/h3-5,10H,6-8H2,1-2H3. The first-order valence-corrected chi connectivity index (χ1v) is 4.12. The first-order chi connectivity index (χ1) is 4.84. The van der Waals surface area contributed by atoms with E-state index in [0.29, 0.717) is 0 Å². The van der Waals surface area contributed by atoms with Crippen LogP contribution in [-0.4, -0.2) is 0 Å². The number of hydrogen-bond donors (Lipinski definition) is 0. The molecule has 0 nitrogen and oxygen atoms in total. The fourth-order valence-corrected chi connectivity index (χ4v) is 1.44. The highest BCUT2D eigenvalue weighted by atomic mass is 14.1. The van der Waals surface area contributed by atoms with E-state index in [2.05, 4.69) is 32.1 Å². The van der Waals surface area contributed by atoms with Gasteiger partial charge in [-0.25, -0.2) is 0 Å². The van der Waals surface area contributed by atoms with Gasteiger partial charge >= 0.3 is 0 Å². The third kappa shape index (κ3) is 1.73. The van der Waals surface area contributed by atoms with Crippen LogP contribution in [-0.2, 0) is 0 Å². The smallest absolute Gasteiger partial charge is 0.0169 e. The van der Waals surface area contributed by atoms with Crippen molar-refractivity contribution in [3.05, 3.63) is 23.8 Å². The molecule has 0 aromatic heterocycles. The zero-order chi connectivity index (χ0) is 7.40. The van der Waals surface area contributed by atoms with Crippen LogP contribution >= 0.6 is 0 Å². The normalized spacial score (nSPS) is 27.0. The van der Waals surface area contributed by atoms with Crippen LogP contribution in [0.3, 0.4) is 0 Å². The van der Waals surface area contributed by atoms with Crippen LogP contribution < -0.4 is 0 Å². The molecule has 1 aliphatic carbocycles. The van der Waals surface area contributed by atoms with Crippen molar-refractivity contribution in [3.63, 3.8) is 0 Å². The highest BCUT2D eigenvalue weighted by Crippen LogP contribution is 2.24. The van der Waals surface area contributed by atoms with Gasteiger partial charge in [0.15, 0.2) is 0 Å². The lowest BCUT2D eigenvalue weighted by atomic mass is 9.88. The van der Waals surface area contributed by atoms with Gasteiger partial charge in [0.25, 0.3) is 0 Å². The summed E-state index contributed by atoms with van der Waals surface area (Å²) in [5.41, 5.74) is 1.56. The highest BCUT2D eigenvalue weighted by Gasteiger charge is 2.09. The molecule has 0 saturated heterocycles. The average molecular weight is 136 g/mol. The lowest BCUT2D eigenvalue weighted by molar-refractivity contribution is 0.552. The van der Waals surface area contributed by atoms with Gasteiger partial charge in [-0.1, -0.05) is 23.8 Å². The van der Waals surface area contributed by atoms with E-state index in [-0.39, 0.29) is 0 Å². The first-order valence-electron chi connectivity index (χ1n) is 4.12. The molecule has 0 amide bonds. The molecule has 1 rings (SSSR count). The molecule has 1 atom stereocenters. The van der Waals surface area contributed by atoms with Gasteiger partial charge in [0.1, 0.15) is 0 Å². The molecule has 10 heavy (non-hydrogen) atoms. The predicted octanol–water partition coefficient (Wildman–Crippen LogP) is 3.31. The molecule has 1 aliphatic rings. The van der Waals surface area contributed by atoms with Crippen LogP contribution in [0.5, 0.6) is 0 Å². The summed E-state index contributed by atoms with van der Waals surface area (Å²) in [4.78, 5) is 0. The summed E-state index contributed by atoms with van der Waals surface area (Å²) in [5, 5.41) is 0. The molecule has 0 radical (unpaired) electrons. The van der Waals surface area contributed by atoms with E-state index in [4.69, 9.17) is 0 Å². The van der Waals surface area contributed by atoms with Crippen LogP contribution in [0.2, 0.25) is 0 Å². The number of allylic oxidation sites excluding steroid dienone is 4. The Morgan fingerprint density at radius 3 is 2.80 bits per heavy atom. The van der Waals surface area contributed by atoms with Gasteiger partial charge < -0.3 is 0 Å². The summed E-state index contributed by atoms with van der Waals surface area (Å²) in [6, 6.07) is 0. The second-order valence-corrected chi connectivity index (χ2v) is 3.01. The van der Waals surface area contributed by atoms with Gasteiger partial charge in [-0.05, 0) is 39.0 Å². The fourth-order valence-electron chi connectivity index (χ4n) is 1.44. The zero-order valence-corrected chi connectivity index (χ0v) is 6.93. The Kier molecular flexibility index (Phi) is 2.73. The summed E-state index contributed by atoms with van der Waals surface area (Å²) in [7, 11) is 0. The van der Waals surface area contributed by atoms with Gasteiger partial charge in [0, 0.05) is 0 Å². The Hall–Kier alpha value is -0.520. The molecule has 0 aromatic rings. The van der Waals surface area contributed by atoms with Crippen molar-refractivity contribution in [2.24, 2.45) is 5.92 Å². The minimum Gasteiger partial charge on any atom is -0.0885 e. The molecule has 56 valence electrons. The van der Waals surface area contributed by atoms with Crippen LogP contribution in [0.25, 0.3) is 0 Å². The third-order valence-corrected chi connectivity index (χ3v) is 2.37. The van der Waals surface area contributed by atoms with Crippen LogP contribution in [0.4, 0.5) is 0 Å². The maximum atomic E-state index is 2.31. The lowest BCUT2D eigenvalue weighted by Gasteiger charge is -2.17. The molecule has 0 heterocycles. The SMILES string of the molecule is CC=C(C)C1CC=CCC1. The zero-order valence-electron chi connectivity index (χ0n) is 6.93. The average Bonchev–Trinajstić information content (AvgIpc) is 2.05. The van der Waals surface area contributed by atoms with E-state index < -0.39 is 0 Å². The lowest BCUT2D eigenvalue weighted by Crippen LogP contribution is -2.03. The molecule has 0 aromatic carbocycles. The molecule has 0 aliphatic heterocycles. The van der Waals surface area contributed by atoms with Crippen molar-refractivity contribution in [1.29, 1.82) is 0 Å². The Bertz CT molecular complexity index is 151. The molecule has 1 unspecified atom stereocenters. The predicted molar refractivity (Wildman–Crippen MR) is 45.9 cm³/mol. The van der Waals surface area contributed by atoms with Gasteiger partial charge in [-0.15, -0.1) is 0 Å². The fraction of sp³-hybridized carbons (Fsp3) is 0.600. The van der Waals surface area contributed by atoms with Crippen molar-refractivity contribution in [1.82, 2.24) is 0 Å². The molecular formula is C10H16. The van der Waals surface area contributed by atoms with Gasteiger partial charge in [0.2, 0.25) is 0 Å². The summed E-state index contributed by atoms with van der Waals surface area (Å²) in [6.07, 6.45) is 10.7. The first kappa shape index (κ1) is 7.59. The second-order valence-electron chi connectivity index (χ2n) is 3.01. The minimum atomic E-state index is 0.843. The molecule has 0 saturated carbocycles.